The van der Waals surface area contributed by atoms with Crippen molar-refractivity contribution in [2.45, 2.75) is 31.7 Å². The predicted molar refractivity (Wildman–Crippen MR) is 110 cm³/mol. The molecule has 0 aromatic heterocycles. The fourth-order valence-corrected chi connectivity index (χ4v) is 3.99. The minimum atomic E-state index is -1.06. The molecule has 30 heavy (non-hydrogen) atoms. The molecule has 1 aromatic carbocycles. The normalized spacial score (nSPS) is 23.7. The molecule has 0 bridgehead atoms. The molecule has 2 N–H and O–H groups in total. The Labute approximate surface area is 176 Å². The highest BCUT2D eigenvalue weighted by atomic mass is 16.5. The van der Waals surface area contributed by atoms with Crippen LogP contribution in [0.25, 0.3) is 0 Å². The third kappa shape index (κ3) is 5.30. The molecule has 3 aliphatic rings. The number of hydrogen-bond donors (Lipinski definition) is 2. The molecule has 1 aromatic rings. The van der Waals surface area contributed by atoms with E-state index in [1.807, 2.05) is 29.2 Å². The zero-order chi connectivity index (χ0) is 21.1. The number of rotatable bonds is 9. The van der Waals surface area contributed by atoms with Crippen LogP contribution in [-0.2, 0) is 4.79 Å². The maximum atomic E-state index is 12.4. The number of carbonyl (C=O) groups excluding carboxylic acids is 2. The van der Waals surface area contributed by atoms with Crippen molar-refractivity contribution in [2.75, 3.05) is 39.3 Å². The minimum absolute atomic E-state index is 0.0698. The second-order valence-corrected chi connectivity index (χ2v) is 8.43. The van der Waals surface area contributed by atoms with Crippen LogP contribution in [0.1, 0.15) is 36.0 Å². The lowest BCUT2D eigenvalue weighted by Gasteiger charge is -2.35. The Morgan fingerprint density at radius 3 is 2.40 bits per heavy atom. The van der Waals surface area contributed by atoms with E-state index in [0.29, 0.717) is 26.1 Å². The predicted octanol–water partition coefficient (Wildman–Crippen LogP) is 1.85. The number of benzene rings is 1. The Morgan fingerprint density at radius 2 is 1.77 bits per heavy atom. The number of piperazine rings is 1. The van der Waals surface area contributed by atoms with Gasteiger partial charge in [0.1, 0.15) is 5.75 Å². The van der Waals surface area contributed by atoms with Crippen molar-refractivity contribution >= 4 is 17.8 Å². The number of ether oxygens (including phenoxy) is 1. The van der Waals surface area contributed by atoms with Crippen LogP contribution >= 0.6 is 0 Å². The largest absolute Gasteiger partial charge is 0.494 e. The Bertz CT molecular complexity index is 784. The quantitative estimate of drug-likeness (QED) is 0.472. The molecule has 2 atom stereocenters. The van der Waals surface area contributed by atoms with Gasteiger partial charge in [-0.25, -0.2) is 4.79 Å². The van der Waals surface area contributed by atoms with E-state index in [2.05, 4.69) is 10.2 Å². The number of carbonyl (C=O) groups is 3. The number of carboxylic acid groups (broad SMARTS) is 1. The van der Waals surface area contributed by atoms with Crippen LogP contribution in [0.15, 0.2) is 24.3 Å². The van der Waals surface area contributed by atoms with Crippen molar-refractivity contribution in [3.05, 3.63) is 29.8 Å². The van der Waals surface area contributed by atoms with E-state index in [0.717, 1.165) is 50.2 Å². The molecule has 0 radical (unpaired) electrons. The molecule has 1 heterocycles. The van der Waals surface area contributed by atoms with Crippen LogP contribution in [0, 0.1) is 11.8 Å². The lowest BCUT2D eigenvalue weighted by molar-refractivity contribution is -0.134. The molecule has 1 saturated heterocycles. The molecule has 4 rings (SSSR count). The number of nitrogens with zero attached hydrogens (tertiary/aromatic N) is 2. The molecular formula is C22H29N3O5. The maximum Gasteiger partial charge on any atom is 0.404 e. The lowest BCUT2D eigenvalue weighted by atomic mass is 10.1. The molecule has 0 spiro atoms. The summed E-state index contributed by atoms with van der Waals surface area (Å²) >= 11 is 0. The monoisotopic (exact) mass is 415 g/mol. The molecule has 3 fully saturated rings. The van der Waals surface area contributed by atoms with E-state index in [1.165, 1.54) is 0 Å². The van der Waals surface area contributed by atoms with Gasteiger partial charge in [0.05, 0.1) is 12.5 Å². The van der Waals surface area contributed by atoms with E-state index in [-0.39, 0.29) is 29.6 Å². The fraction of sp³-hybridized carbons (Fsp3) is 0.591. The van der Waals surface area contributed by atoms with Crippen LogP contribution in [0.4, 0.5) is 4.79 Å². The third-order valence-corrected chi connectivity index (χ3v) is 6.07. The van der Waals surface area contributed by atoms with Gasteiger partial charge in [-0.15, -0.1) is 0 Å². The van der Waals surface area contributed by atoms with Gasteiger partial charge < -0.3 is 20.1 Å². The number of ketones is 1. The van der Waals surface area contributed by atoms with Crippen molar-refractivity contribution < 1.29 is 24.2 Å². The molecule has 162 valence electrons. The first-order chi connectivity index (χ1) is 14.5. The van der Waals surface area contributed by atoms with Crippen LogP contribution in [0.5, 0.6) is 5.75 Å². The van der Waals surface area contributed by atoms with Crippen molar-refractivity contribution in [3.63, 3.8) is 0 Å². The van der Waals surface area contributed by atoms with Gasteiger partial charge in [0.25, 0.3) is 0 Å². The first-order valence-electron chi connectivity index (χ1n) is 10.8. The van der Waals surface area contributed by atoms with E-state index < -0.39 is 6.09 Å². The third-order valence-electron chi connectivity index (χ3n) is 6.07. The van der Waals surface area contributed by atoms with E-state index in [9.17, 15) is 14.4 Å². The molecule has 2 unspecified atom stereocenters. The summed E-state index contributed by atoms with van der Waals surface area (Å²) in [5, 5.41) is 11.1. The highest BCUT2D eigenvalue weighted by molar-refractivity contribution is 5.99. The summed E-state index contributed by atoms with van der Waals surface area (Å²) in [4.78, 5) is 39.3. The highest BCUT2D eigenvalue weighted by Gasteiger charge is 2.46. The lowest BCUT2D eigenvalue weighted by Crippen LogP contribution is -2.50. The molecular weight excluding hydrogens is 386 g/mol. The summed E-state index contributed by atoms with van der Waals surface area (Å²) in [5.41, 5.74) is 0.772. The summed E-state index contributed by atoms with van der Waals surface area (Å²) < 4.78 is 5.79. The van der Waals surface area contributed by atoms with E-state index >= 15 is 0 Å². The Balaban J connectivity index is 1.10. The van der Waals surface area contributed by atoms with Gasteiger partial charge in [0.2, 0.25) is 5.91 Å². The van der Waals surface area contributed by atoms with Crippen molar-refractivity contribution in [1.29, 1.82) is 0 Å². The average Bonchev–Trinajstić information content (AvgIpc) is 3.66. The van der Waals surface area contributed by atoms with E-state index in [1.54, 1.807) is 0 Å². The summed E-state index contributed by atoms with van der Waals surface area (Å²) in [6, 6.07) is 7.21. The average molecular weight is 415 g/mol. The number of amides is 2. The summed E-state index contributed by atoms with van der Waals surface area (Å²) in [5.74, 6) is 1.15. The molecule has 2 saturated carbocycles. The van der Waals surface area contributed by atoms with Crippen LogP contribution in [-0.4, -0.2) is 78.1 Å². The van der Waals surface area contributed by atoms with Crippen LogP contribution in [0.3, 0.4) is 0 Å². The number of hydrogen-bond acceptors (Lipinski definition) is 5. The fourth-order valence-electron chi connectivity index (χ4n) is 3.99. The van der Waals surface area contributed by atoms with Gasteiger partial charge in [-0.1, -0.05) is 0 Å². The van der Waals surface area contributed by atoms with Gasteiger partial charge >= 0.3 is 6.09 Å². The Morgan fingerprint density at radius 1 is 1.07 bits per heavy atom. The SMILES string of the molecule is O=C(O)NC1CC1C(=O)N1CCN(CCCOc2ccc(C(=O)C3CC3)cc2)CC1. The molecule has 2 amide bonds. The summed E-state index contributed by atoms with van der Waals surface area (Å²) in [6.07, 6.45) is 2.47. The van der Waals surface area contributed by atoms with Crippen molar-refractivity contribution in [2.24, 2.45) is 11.8 Å². The molecule has 1 aliphatic heterocycles. The van der Waals surface area contributed by atoms with Crippen molar-refractivity contribution in [3.8, 4) is 5.75 Å². The van der Waals surface area contributed by atoms with Crippen LogP contribution < -0.4 is 10.1 Å². The number of nitrogens with one attached hydrogen (secondary N) is 1. The van der Waals surface area contributed by atoms with Gasteiger partial charge in [0.15, 0.2) is 5.78 Å². The maximum absolute atomic E-state index is 12.4. The van der Waals surface area contributed by atoms with Crippen LogP contribution in [0.2, 0.25) is 0 Å². The van der Waals surface area contributed by atoms with Gasteiger partial charge in [0, 0.05) is 50.2 Å². The standard InChI is InChI=1S/C22H29N3O5/c26-20(15-2-3-15)16-4-6-17(7-5-16)30-13-1-8-24-9-11-25(12-10-24)21(27)18-14-19(18)23-22(28)29/h4-7,15,18-19,23H,1-3,8-14H2,(H,28,29). The zero-order valence-electron chi connectivity index (χ0n) is 17.1. The summed E-state index contributed by atoms with van der Waals surface area (Å²) in [7, 11) is 0. The van der Waals surface area contributed by atoms with Gasteiger partial charge in [-0.05, 0) is 49.9 Å². The van der Waals surface area contributed by atoms with Crippen molar-refractivity contribution in [1.82, 2.24) is 15.1 Å². The van der Waals surface area contributed by atoms with E-state index in [4.69, 9.17) is 9.84 Å². The first-order valence-corrected chi connectivity index (χ1v) is 10.8. The second-order valence-electron chi connectivity index (χ2n) is 8.43. The Hall–Kier alpha value is -2.61. The van der Waals surface area contributed by atoms with Gasteiger partial charge in [-0.2, -0.15) is 0 Å². The smallest absolute Gasteiger partial charge is 0.404 e. The Kier molecular flexibility index (Phi) is 6.22. The zero-order valence-corrected chi connectivity index (χ0v) is 17.1. The number of Topliss-reactive ketones (excluding diaryl/α,β-unsaturated/α-hetero) is 1. The minimum Gasteiger partial charge on any atom is -0.494 e. The molecule has 8 nitrogen and oxygen atoms in total. The second kappa shape index (κ2) is 9.04. The first kappa shape index (κ1) is 20.7. The van der Waals surface area contributed by atoms with Gasteiger partial charge in [-0.3, -0.25) is 14.5 Å². The molecule has 8 heteroatoms. The summed E-state index contributed by atoms with van der Waals surface area (Å²) in [6.45, 7) is 4.55. The molecule has 2 aliphatic carbocycles. The highest BCUT2D eigenvalue weighted by Crippen LogP contribution is 2.33. The topological polar surface area (TPSA) is 99.2 Å².